The summed E-state index contributed by atoms with van der Waals surface area (Å²) < 4.78 is 19.4. The highest BCUT2D eigenvalue weighted by atomic mass is 19.1. The Hall–Kier alpha value is -1.94. The standard InChI is InChI=1S/C16H19FN2O/c1-3-8-18-11-13-5-4-9-19-16(13)20-15-10-12(2)6-7-14(15)17/h4-7,9-10,18H,3,8,11H2,1-2H3. The molecule has 2 aromatic rings. The molecule has 1 heterocycles. The molecule has 0 amide bonds. The molecule has 0 bridgehead atoms. The summed E-state index contributed by atoms with van der Waals surface area (Å²) >= 11 is 0. The van der Waals surface area contributed by atoms with Crippen LogP contribution >= 0.6 is 0 Å². The number of rotatable bonds is 6. The first-order chi connectivity index (χ1) is 9.70. The second-order valence-electron chi connectivity index (χ2n) is 4.68. The molecule has 3 nitrogen and oxygen atoms in total. The van der Waals surface area contributed by atoms with Crippen LogP contribution in [0.25, 0.3) is 0 Å². The predicted molar refractivity (Wildman–Crippen MR) is 77.4 cm³/mol. The predicted octanol–water partition coefficient (Wildman–Crippen LogP) is 3.82. The van der Waals surface area contributed by atoms with Crippen LogP contribution in [0.4, 0.5) is 4.39 Å². The number of nitrogens with one attached hydrogen (secondary N) is 1. The van der Waals surface area contributed by atoms with Crippen molar-refractivity contribution in [1.29, 1.82) is 0 Å². The van der Waals surface area contributed by atoms with Gasteiger partial charge in [-0.15, -0.1) is 0 Å². The van der Waals surface area contributed by atoms with Gasteiger partial charge in [-0.3, -0.25) is 0 Å². The van der Waals surface area contributed by atoms with Crippen LogP contribution in [0.5, 0.6) is 11.6 Å². The lowest BCUT2D eigenvalue weighted by Crippen LogP contribution is -2.14. The van der Waals surface area contributed by atoms with Gasteiger partial charge in [0.15, 0.2) is 11.6 Å². The summed E-state index contributed by atoms with van der Waals surface area (Å²) in [6.45, 7) is 5.59. The fraction of sp³-hybridized carbons (Fsp3) is 0.312. The van der Waals surface area contributed by atoms with Crippen molar-refractivity contribution in [2.24, 2.45) is 0 Å². The van der Waals surface area contributed by atoms with Gasteiger partial charge in [0.05, 0.1) is 0 Å². The number of aromatic nitrogens is 1. The maximum absolute atomic E-state index is 13.7. The molecule has 20 heavy (non-hydrogen) atoms. The van der Waals surface area contributed by atoms with Gasteiger partial charge in [-0.2, -0.15) is 0 Å². The quantitative estimate of drug-likeness (QED) is 0.813. The molecule has 0 aliphatic rings. The Morgan fingerprint density at radius 2 is 2.15 bits per heavy atom. The minimum absolute atomic E-state index is 0.209. The third-order valence-electron chi connectivity index (χ3n) is 2.89. The molecule has 0 aliphatic carbocycles. The highest BCUT2D eigenvalue weighted by Gasteiger charge is 2.09. The number of halogens is 1. The molecule has 0 radical (unpaired) electrons. The molecule has 0 spiro atoms. The maximum atomic E-state index is 13.7. The number of ether oxygens (including phenoxy) is 1. The highest BCUT2D eigenvalue weighted by molar-refractivity contribution is 5.35. The number of nitrogens with zero attached hydrogens (tertiary/aromatic N) is 1. The second kappa shape index (κ2) is 7.01. The van der Waals surface area contributed by atoms with E-state index in [0.29, 0.717) is 12.4 Å². The first kappa shape index (κ1) is 14.5. The van der Waals surface area contributed by atoms with Crippen LogP contribution in [-0.2, 0) is 6.54 Å². The zero-order valence-electron chi connectivity index (χ0n) is 11.8. The normalized spacial score (nSPS) is 10.6. The summed E-state index contributed by atoms with van der Waals surface area (Å²) in [5, 5.41) is 3.29. The van der Waals surface area contributed by atoms with E-state index in [2.05, 4.69) is 17.2 Å². The van der Waals surface area contributed by atoms with E-state index in [9.17, 15) is 4.39 Å². The van der Waals surface area contributed by atoms with Gasteiger partial charge in [-0.1, -0.05) is 19.1 Å². The zero-order valence-corrected chi connectivity index (χ0v) is 11.8. The molecule has 0 atom stereocenters. The Bertz CT molecular complexity index is 572. The molecule has 1 aromatic heterocycles. The van der Waals surface area contributed by atoms with Crippen LogP contribution in [0.15, 0.2) is 36.5 Å². The van der Waals surface area contributed by atoms with Crippen molar-refractivity contribution in [3.63, 3.8) is 0 Å². The van der Waals surface area contributed by atoms with Crippen LogP contribution in [0.2, 0.25) is 0 Å². The van der Waals surface area contributed by atoms with Crippen molar-refractivity contribution >= 4 is 0 Å². The Morgan fingerprint density at radius 1 is 1.30 bits per heavy atom. The number of hydrogen-bond acceptors (Lipinski definition) is 3. The monoisotopic (exact) mass is 274 g/mol. The van der Waals surface area contributed by atoms with Crippen molar-refractivity contribution < 1.29 is 9.13 Å². The first-order valence-corrected chi connectivity index (χ1v) is 6.79. The molecule has 0 saturated carbocycles. The molecule has 0 fully saturated rings. The van der Waals surface area contributed by atoms with E-state index in [0.717, 1.165) is 24.1 Å². The summed E-state index contributed by atoms with van der Waals surface area (Å²) in [5.41, 5.74) is 1.87. The lowest BCUT2D eigenvalue weighted by Gasteiger charge is -2.11. The Morgan fingerprint density at radius 3 is 2.95 bits per heavy atom. The first-order valence-electron chi connectivity index (χ1n) is 6.79. The lowest BCUT2D eigenvalue weighted by atomic mass is 10.2. The fourth-order valence-electron chi connectivity index (χ4n) is 1.84. The van der Waals surface area contributed by atoms with Crippen LogP contribution in [0.3, 0.4) is 0 Å². The number of pyridine rings is 1. The average Bonchev–Trinajstić information content (AvgIpc) is 2.45. The number of hydrogen-bond donors (Lipinski definition) is 1. The largest absolute Gasteiger partial charge is 0.436 e. The number of benzene rings is 1. The maximum Gasteiger partial charge on any atom is 0.223 e. The molecule has 1 N–H and O–H groups in total. The Labute approximate surface area is 118 Å². The van der Waals surface area contributed by atoms with Gasteiger partial charge in [-0.05, 0) is 43.7 Å². The summed E-state index contributed by atoms with van der Waals surface area (Å²) in [6, 6.07) is 8.57. The van der Waals surface area contributed by atoms with E-state index < -0.39 is 0 Å². The lowest BCUT2D eigenvalue weighted by molar-refractivity contribution is 0.420. The minimum atomic E-state index is -0.381. The van der Waals surface area contributed by atoms with Crippen LogP contribution in [0, 0.1) is 12.7 Å². The van der Waals surface area contributed by atoms with Crippen molar-refractivity contribution in [2.75, 3.05) is 6.54 Å². The van der Waals surface area contributed by atoms with Gasteiger partial charge in [-0.25, -0.2) is 9.37 Å². The van der Waals surface area contributed by atoms with Crippen molar-refractivity contribution in [3.05, 3.63) is 53.5 Å². The summed E-state index contributed by atoms with van der Waals surface area (Å²) in [5.74, 6) is 0.273. The van der Waals surface area contributed by atoms with Gasteiger partial charge < -0.3 is 10.1 Å². The highest BCUT2D eigenvalue weighted by Crippen LogP contribution is 2.26. The van der Waals surface area contributed by atoms with Crippen molar-refractivity contribution in [2.45, 2.75) is 26.8 Å². The molecule has 0 aliphatic heterocycles. The van der Waals surface area contributed by atoms with Crippen LogP contribution in [0.1, 0.15) is 24.5 Å². The van der Waals surface area contributed by atoms with Gasteiger partial charge in [0.1, 0.15) is 0 Å². The van der Waals surface area contributed by atoms with E-state index in [1.807, 2.05) is 19.1 Å². The Balaban J connectivity index is 2.18. The molecular weight excluding hydrogens is 255 g/mol. The zero-order chi connectivity index (χ0) is 14.4. The van der Waals surface area contributed by atoms with E-state index in [1.54, 1.807) is 18.3 Å². The average molecular weight is 274 g/mol. The second-order valence-corrected chi connectivity index (χ2v) is 4.68. The molecule has 2 rings (SSSR count). The van der Waals surface area contributed by atoms with E-state index in [4.69, 9.17) is 4.74 Å². The van der Waals surface area contributed by atoms with E-state index in [-0.39, 0.29) is 11.6 Å². The topological polar surface area (TPSA) is 34.2 Å². The summed E-state index contributed by atoms with van der Waals surface area (Å²) in [7, 11) is 0. The molecule has 0 unspecified atom stereocenters. The smallest absolute Gasteiger partial charge is 0.223 e. The van der Waals surface area contributed by atoms with Gasteiger partial charge in [0.2, 0.25) is 5.88 Å². The summed E-state index contributed by atoms with van der Waals surface area (Å²) in [4.78, 5) is 4.19. The molecule has 106 valence electrons. The third-order valence-corrected chi connectivity index (χ3v) is 2.89. The number of aryl methyl sites for hydroxylation is 1. The fourth-order valence-corrected chi connectivity index (χ4v) is 1.84. The van der Waals surface area contributed by atoms with Crippen molar-refractivity contribution in [1.82, 2.24) is 10.3 Å². The molecular formula is C16H19FN2O. The van der Waals surface area contributed by atoms with Crippen LogP contribution in [-0.4, -0.2) is 11.5 Å². The summed E-state index contributed by atoms with van der Waals surface area (Å²) in [6.07, 6.45) is 2.70. The Kier molecular flexibility index (Phi) is 5.07. The van der Waals surface area contributed by atoms with E-state index in [1.165, 1.54) is 6.07 Å². The minimum Gasteiger partial charge on any atom is -0.436 e. The van der Waals surface area contributed by atoms with Gasteiger partial charge >= 0.3 is 0 Å². The molecule has 0 saturated heterocycles. The SMILES string of the molecule is CCCNCc1cccnc1Oc1cc(C)ccc1F. The van der Waals surface area contributed by atoms with Gasteiger partial charge in [0.25, 0.3) is 0 Å². The molecule has 4 heteroatoms. The van der Waals surface area contributed by atoms with Gasteiger partial charge in [0, 0.05) is 18.3 Å². The van der Waals surface area contributed by atoms with Crippen LogP contribution < -0.4 is 10.1 Å². The molecule has 1 aromatic carbocycles. The van der Waals surface area contributed by atoms with Crippen molar-refractivity contribution in [3.8, 4) is 11.6 Å². The van der Waals surface area contributed by atoms with E-state index >= 15 is 0 Å². The third kappa shape index (κ3) is 3.78.